The molecular formula is C12H15N5O2. The summed E-state index contributed by atoms with van der Waals surface area (Å²) in [5.41, 5.74) is 0.525. The largest absolute Gasteiger partial charge is 0.370 e. The van der Waals surface area contributed by atoms with Crippen LogP contribution in [0.3, 0.4) is 0 Å². The first-order valence-corrected chi connectivity index (χ1v) is 6.03. The maximum absolute atomic E-state index is 12.0. The lowest BCUT2D eigenvalue weighted by Crippen LogP contribution is -2.27. The van der Waals surface area contributed by atoms with E-state index in [1.807, 2.05) is 6.92 Å². The minimum absolute atomic E-state index is 0.174. The topological polar surface area (TPSA) is 92.9 Å². The Kier molecular flexibility index (Phi) is 4.44. The Bertz CT molecular complexity index is 527. The predicted molar refractivity (Wildman–Crippen MR) is 68.7 cm³/mol. The molecule has 0 aliphatic carbocycles. The van der Waals surface area contributed by atoms with Crippen LogP contribution < -0.4 is 10.6 Å². The fourth-order valence-corrected chi connectivity index (χ4v) is 1.58. The Hall–Kier alpha value is -2.44. The fourth-order valence-electron chi connectivity index (χ4n) is 1.58. The van der Waals surface area contributed by atoms with Crippen molar-refractivity contribution in [2.24, 2.45) is 0 Å². The minimum Gasteiger partial charge on any atom is -0.370 e. The highest BCUT2D eigenvalue weighted by molar-refractivity contribution is 5.98. The molecular weight excluding hydrogens is 246 g/mol. The van der Waals surface area contributed by atoms with Gasteiger partial charge in [-0.15, -0.1) is 0 Å². The van der Waals surface area contributed by atoms with E-state index in [0.29, 0.717) is 36.7 Å². The molecule has 2 aromatic heterocycles. The highest BCUT2D eigenvalue weighted by atomic mass is 16.5. The molecule has 2 N–H and O–H groups in total. The van der Waals surface area contributed by atoms with Gasteiger partial charge in [-0.05, 0) is 19.1 Å². The van der Waals surface area contributed by atoms with Crippen LogP contribution in [0.1, 0.15) is 23.1 Å². The van der Waals surface area contributed by atoms with Gasteiger partial charge in [0.15, 0.2) is 5.82 Å². The second-order valence-electron chi connectivity index (χ2n) is 3.78. The maximum Gasteiger partial charge on any atom is 0.255 e. The molecule has 0 unspecified atom stereocenters. The Balaban J connectivity index is 1.92. The van der Waals surface area contributed by atoms with Crippen LogP contribution in [-0.2, 0) is 6.42 Å². The smallest absolute Gasteiger partial charge is 0.255 e. The maximum atomic E-state index is 12.0. The van der Waals surface area contributed by atoms with E-state index in [-0.39, 0.29) is 5.91 Å². The zero-order valence-corrected chi connectivity index (χ0v) is 10.6. The van der Waals surface area contributed by atoms with Crippen LogP contribution in [0.2, 0.25) is 0 Å². The van der Waals surface area contributed by atoms with E-state index in [9.17, 15) is 4.79 Å². The van der Waals surface area contributed by atoms with Crippen molar-refractivity contribution in [1.82, 2.24) is 20.4 Å². The van der Waals surface area contributed by atoms with E-state index in [4.69, 9.17) is 0 Å². The first-order chi connectivity index (χ1) is 9.31. The van der Waals surface area contributed by atoms with Crippen LogP contribution in [0, 0.1) is 0 Å². The summed E-state index contributed by atoms with van der Waals surface area (Å²) in [4.78, 5) is 20.0. The second-order valence-corrected chi connectivity index (χ2v) is 3.78. The molecule has 7 nitrogen and oxygen atoms in total. The van der Waals surface area contributed by atoms with Gasteiger partial charge in [0.1, 0.15) is 5.82 Å². The van der Waals surface area contributed by atoms with Crippen LogP contribution in [0.15, 0.2) is 29.2 Å². The van der Waals surface area contributed by atoms with E-state index in [1.54, 1.807) is 18.3 Å². The molecule has 0 bridgehead atoms. The third kappa shape index (κ3) is 3.51. The van der Waals surface area contributed by atoms with Crippen LogP contribution in [0.25, 0.3) is 0 Å². The molecule has 0 aliphatic heterocycles. The third-order valence-electron chi connectivity index (χ3n) is 2.44. The Morgan fingerprint density at radius 1 is 1.42 bits per heavy atom. The predicted octanol–water partition coefficient (Wildman–Crippen LogP) is 0.869. The molecule has 2 heterocycles. The number of nitrogens with one attached hydrogen (secondary N) is 2. The van der Waals surface area contributed by atoms with Crippen LogP contribution in [-0.4, -0.2) is 34.1 Å². The molecule has 0 aliphatic rings. The molecule has 0 aromatic carbocycles. The summed E-state index contributed by atoms with van der Waals surface area (Å²) >= 11 is 0. The van der Waals surface area contributed by atoms with Gasteiger partial charge < -0.3 is 15.2 Å². The molecule has 1 amide bonds. The van der Waals surface area contributed by atoms with Gasteiger partial charge in [-0.1, -0.05) is 5.16 Å². The lowest BCUT2D eigenvalue weighted by Gasteiger charge is -2.09. The molecule has 19 heavy (non-hydrogen) atoms. The van der Waals surface area contributed by atoms with Crippen molar-refractivity contribution in [2.75, 3.05) is 18.4 Å². The lowest BCUT2D eigenvalue weighted by molar-refractivity contribution is 0.0954. The number of carbonyl (C=O) groups excluding carboxylic acids is 1. The summed E-state index contributed by atoms with van der Waals surface area (Å²) in [5, 5.41) is 9.52. The lowest BCUT2D eigenvalue weighted by atomic mass is 10.2. The number of hydrogen-bond acceptors (Lipinski definition) is 6. The van der Waals surface area contributed by atoms with Crippen molar-refractivity contribution in [3.8, 4) is 0 Å². The summed E-state index contributed by atoms with van der Waals surface area (Å²) < 4.78 is 4.61. The summed E-state index contributed by atoms with van der Waals surface area (Å²) in [6, 6.07) is 3.46. The second kappa shape index (κ2) is 6.48. The number of nitrogens with zero attached hydrogens (tertiary/aromatic N) is 3. The van der Waals surface area contributed by atoms with Crippen molar-refractivity contribution in [3.63, 3.8) is 0 Å². The van der Waals surface area contributed by atoms with Crippen LogP contribution in [0.5, 0.6) is 0 Å². The van der Waals surface area contributed by atoms with Gasteiger partial charge in [-0.3, -0.25) is 4.79 Å². The highest BCUT2D eigenvalue weighted by Crippen LogP contribution is 2.10. The van der Waals surface area contributed by atoms with Crippen LogP contribution in [0.4, 0.5) is 5.82 Å². The number of aromatic nitrogens is 3. The highest BCUT2D eigenvalue weighted by Gasteiger charge is 2.11. The van der Waals surface area contributed by atoms with Crippen molar-refractivity contribution in [3.05, 3.63) is 36.1 Å². The van der Waals surface area contributed by atoms with Gasteiger partial charge in [-0.2, -0.15) is 4.98 Å². The summed E-state index contributed by atoms with van der Waals surface area (Å²) in [6.07, 6.45) is 3.44. The van der Waals surface area contributed by atoms with Gasteiger partial charge in [0.25, 0.3) is 5.91 Å². The SMILES string of the molecule is CCNc1ncccc1C(=O)NCCc1ncon1. The zero-order chi connectivity index (χ0) is 13.5. The van der Waals surface area contributed by atoms with Gasteiger partial charge in [0, 0.05) is 25.7 Å². The summed E-state index contributed by atoms with van der Waals surface area (Å²) in [7, 11) is 0. The molecule has 0 fully saturated rings. The van der Waals surface area contributed by atoms with Gasteiger partial charge in [0.2, 0.25) is 6.39 Å². The molecule has 2 aromatic rings. The molecule has 100 valence electrons. The van der Waals surface area contributed by atoms with Gasteiger partial charge in [0.05, 0.1) is 5.56 Å². The number of amides is 1. The number of pyridine rings is 1. The molecule has 0 atom stereocenters. The van der Waals surface area contributed by atoms with Crippen LogP contribution >= 0.6 is 0 Å². The van der Waals surface area contributed by atoms with Crippen molar-refractivity contribution < 1.29 is 9.32 Å². The number of hydrogen-bond donors (Lipinski definition) is 2. The van der Waals surface area contributed by atoms with E-state index in [1.165, 1.54) is 6.39 Å². The Labute approximate surface area is 110 Å². The molecule has 0 saturated heterocycles. The average Bonchev–Trinajstić information content (AvgIpc) is 2.93. The van der Waals surface area contributed by atoms with E-state index >= 15 is 0 Å². The zero-order valence-electron chi connectivity index (χ0n) is 10.6. The summed E-state index contributed by atoms with van der Waals surface area (Å²) in [5.74, 6) is 0.980. The number of carbonyl (C=O) groups is 1. The number of rotatable bonds is 6. The summed E-state index contributed by atoms with van der Waals surface area (Å²) in [6.45, 7) is 3.10. The van der Waals surface area contributed by atoms with Crippen molar-refractivity contribution >= 4 is 11.7 Å². The fraction of sp³-hybridized carbons (Fsp3) is 0.333. The standard InChI is InChI=1S/C12H15N5O2/c1-2-13-11-9(4-3-6-14-11)12(18)15-7-5-10-16-8-19-17-10/h3-4,6,8H,2,5,7H2,1H3,(H,13,14)(H,15,18). The molecule has 7 heteroatoms. The normalized spacial score (nSPS) is 10.2. The van der Waals surface area contributed by atoms with Crippen molar-refractivity contribution in [1.29, 1.82) is 0 Å². The van der Waals surface area contributed by atoms with E-state index in [2.05, 4.69) is 30.3 Å². The van der Waals surface area contributed by atoms with E-state index in [0.717, 1.165) is 0 Å². The quantitative estimate of drug-likeness (QED) is 0.801. The monoisotopic (exact) mass is 261 g/mol. The van der Waals surface area contributed by atoms with Gasteiger partial charge >= 0.3 is 0 Å². The Morgan fingerprint density at radius 3 is 3.05 bits per heavy atom. The molecule has 0 saturated carbocycles. The molecule has 0 radical (unpaired) electrons. The first kappa shape index (κ1) is 13.0. The van der Waals surface area contributed by atoms with Gasteiger partial charge in [-0.25, -0.2) is 4.98 Å². The Morgan fingerprint density at radius 2 is 2.32 bits per heavy atom. The van der Waals surface area contributed by atoms with E-state index < -0.39 is 0 Å². The molecule has 2 rings (SSSR count). The van der Waals surface area contributed by atoms with Crippen molar-refractivity contribution in [2.45, 2.75) is 13.3 Å². The minimum atomic E-state index is -0.174. The third-order valence-corrected chi connectivity index (χ3v) is 2.44. The first-order valence-electron chi connectivity index (χ1n) is 6.03. The molecule has 0 spiro atoms. The number of anilines is 1. The average molecular weight is 261 g/mol.